The molecule has 160 valence electrons. The predicted molar refractivity (Wildman–Crippen MR) is 118 cm³/mol. The second-order valence-electron chi connectivity index (χ2n) is 8.45. The number of carbonyl (C=O) groups is 1. The third-order valence-corrected chi connectivity index (χ3v) is 4.68. The largest absolute Gasteiger partial charge is 0.444 e. The summed E-state index contributed by atoms with van der Waals surface area (Å²) in [4.78, 5) is 25.4. The van der Waals surface area contributed by atoms with Crippen LogP contribution >= 0.6 is 0 Å². The van der Waals surface area contributed by atoms with Crippen LogP contribution in [0.2, 0.25) is 0 Å². The summed E-state index contributed by atoms with van der Waals surface area (Å²) in [6.07, 6.45) is 7.66. The first-order valence-corrected chi connectivity index (χ1v) is 10.5. The SMILES string of the molecule is Cc1nc(-c2cnc3ccccc3n2)cn1CCCCCCNC(=O)OC(C)(C)C. The lowest BCUT2D eigenvalue weighted by Gasteiger charge is -2.19. The maximum Gasteiger partial charge on any atom is 0.407 e. The number of nitrogens with zero attached hydrogens (tertiary/aromatic N) is 4. The summed E-state index contributed by atoms with van der Waals surface area (Å²) in [7, 11) is 0. The molecule has 1 amide bonds. The van der Waals surface area contributed by atoms with Crippen molar-refractivity contribution in [2.75, 3.05) is 6.54 Å². The number of fused-ring (bicyclic) bond motifs is 1. The molecule has 0 bridgehead atoms. The van der Waals surface area contributed by atoms with Gasteiger partial charge in [0.25, 0.3) is 0 Å². The maximum atomic E-state index is 11.6. The zero-order valence-corrected chi connectivity index (χ0v) is 18.3. The highest BCUT2D eigenvalue weighted by molar-refractivity contribution is 5.76. The number of aryl methyl sites for hydroxylation is 2. The number of para-hydroxylation sites is 2. The Balaban J connectivity index is 1.42. The van der Waals surface area contributed by atoms with Crippen LogP contribution < -0.4 is 5.32 Å². The molecule has 0 atom stereocenters. The van der Waals surface area contributed by atoms with E-state index in [1.807, 2.05) is 52.0 Å². The molecule has 3 rings (SSSR count). The molecule has 0 saturated heterocycles. The van der Waals surface area contributed by atoms with Gasteiger partial charge in [-0.05, 0) is 52.7 Å². The van der Waals surface area contributed by atoms with Crippen molar-refractivity contribution in [1.29, 1.82) is 0 Å². The average Bonchev–Trinajstić information content (AvgIpc) is 3.06. The van der Waals surface area contributed by atoms with Crippen LogP contribution in [0.15, 0.2) is 36.7 Å². The lowest BCUT2D eigenvalue weighted by Crippen LogP contribution is -2.32. The molecule has 0 aliphatic rings. The van der Waals surface area contributed by atoms with Gasteiger partial charge in [-0.1, -0.05) is 25.0 Å². The van der Waals surface area contributed by atoms with E-state index < -0.39 is 5.60 Å². The van der Waals surface area contributed by atoms with Gasteiger partial charge < -0.3 is 14.6 Å². The van der Waals surface area contributed by atoms with Gasteiger partial charge in [-0.3, -0.25) is 4.98 Å². The molecular weight excluding hydrogens is 378 g/mol. The molecule has 0 saturated carbocycles. The first kappa shape index (κ1) is 21.7. The fourth-order valence-electron chi connectivity index (χ4n) is 3.20. The van der Waals surface area contributed by atoms with E-state index in [-0.39, 0.29) is 6.09 Å². The lowest BCUT2D eigenvalue weighted by molar-refractivity contribution is 0.0527. The van der Waals surface area contributed by atoms with Crippen LogP contribution in [-0.2, 0) is 11.3 Å². The van der Waals surface area contributed by atoms with Crippen LogP contribution in [0.3, 0.4) is 0 Å². The Morgan fingerprint density at radius 1 is 1.03 bits per heavy atom. The van der Waals surface area contributed by atoms with Gasteiger partial charge in [0.05, 0.1) is 17.2 Å². The standard InChI is InChI=1S/C23H31N5O2/c1-17-26-21(20-15-25-18-11-7-8-12-19(18)27-20)16-28(17)14-10-6-5-9-13-24-22(29)30-23(2,3)4/h7-8,11-12,15-16H,5-6,9-10,13-14H2,1-4H3,(H,24,29). The van der Waals surface area contributed by atoms with Crippen molar-refractivity contribution in [2.45, 2.75) is 65.5 Å². The van der Waals surface area contributed by atoms with Crippen molar-refractivity contribution in [3.63, 3.8) is 0 Å². The summed E-state index contributed by atoms with van der Waals surface area (Å²) in [5.41, 5.74) is 2.96. The van der Waals surface area contributed by atoms with E-state index in [0.717, 1.165) is 60.5 Å². The van der Waals surface area contributed by atoms with Gasteiger partial charge >= 0.3 is 6.09 Å². The molecule has 0 fully saturated rings. The highest BCUT2D eigenvalue weighted by atomic mass is 16.6. The van der Waals surface area contributed by atoms with Gasteiger partial charge in [-0.2, -0.15) is 0 Å². The van der Waals surface area contributed by atoms with Gasteiger partial charge in [-0.15, -0.1) is 0 Å². The Bertz CT molecular complexity index is 991. The average molecular weight is 410 g/mol. The Hall–Kier alpha value is -2.96. The van der Waals surface area contributed by atoms with E-state index in [2.05, 4.69) is 31.0 Å². The number of rotatable bonds is 8. The van der Waals surface area contributed by atoms with Gasteiger partial charge in [0.2, 0.25) is 0 Å². The number of alkyl carbamates (subject to hydrolysis) is 1. The molecule has 1 N–H and O–H groups in total. The minimum atomic E-state index is -0.454. The smallest absolute Gasteiger partial charge is 0.407 e. The number of benzene rings is 1. The zero-order chi connectivity index (χ0) is 21.6. The number of amides is 1. The molecule has 0 aliphatic heterocycles. The number of imidazole rings is 1. The molecule has 30 heavy (non-hydrogen) atoms. The van der Waals surface area contributed by atoms with Crippen molar-refractivity contribution >= 4 is 17.1 Å². The second kappa shape index (κ2) is 9.69. The van der Waals surface area contributed by atoms with Crippen LogP contribution in [0, 0.1) is 6.92 Å². The number of hydrogen-bond acceptors (Lipinski definition) is 5. The van der Waals surface area contributed by atoms with E-state index in [1.165, 1.54) is 0 Å². The molecule has 7 nitrogen and oxygen atoms in total. The summed E-state index contributed by atoms with van der Waals surface area (Å²) < 4.78 is 7.40. The minimum absolute atomic E-state index is 0.346. The fraction of sp³-hybridized carbons (Fsp3) is 0.478. The molecule has 2 aromatic heterocycles. The van der Waals surface area contributed by atoms with Crippen molar-refractivity contribution in [3.05, 3.63) is 42.5 Å². The fourth-order valence-corrected chi connectivity index (χ4v) is 3.20. The van der Waals surface area contributed by atoms with Crippen LogP contribution in [-0.4, -0.2) is 37.8 Å². The Morgan fingerprint density at radius 2 is 1.77 bits per heavy atom. The van der Waals surface area contributed by atoms with Crippen molar-refractivity contribution < 1.29 is 9.53 Å². The quantitative estimate of drug-likeness (QED) is 0.536. The molecule has 0 radical (unpaired) electrons. The third kappa shape index (κ3) is 6.27. The van der Waals surface area contributed by atoms with E-state index in [4.69, 9.17) is 4.74 Å². The summed E-state index contributed by atoms with van der Waals surface area (Å²) in [6, 6.07) is 7.85. The molecule has 0 aliphatic carbocycles. The highest BCUT2D eigenvalue weighted by Crippen LogP contribution is 2.19. The maximum absolute atomic E-state index is 11.6. The topological polar surface area (TPSA) is 81.9 Å². The summed E-state index contributed by atoms with van der Waals surface area (Å²) in [5.74, 6) is 0.978. The number of ether oxygens (including phenoxy) is 1. The molecule has 7 heteroatoms. The molecule has 0 unspecified atom stereocenters. The molecule has 0 spiro atoms. The summed E-state index contributed by atoms with van der Waals surface area (Å²) in [6.45, 7) is 9.17. The highest BCUT2D eigenvalue weighted by Gasteiger charge is 2.15. The van der Waals surface area contributed by atoms with E-state index in [1.54, 1.807) is 6.20 Å². The number of hydrogen-bond donors (Lipinski definition) is 1. The Kier molecular flexibility index (Phi) is 7.03. The van der Waals surface area contributed by atoms with Crippen molar-refractivity contribution in [1.82, 2.24) is 24.8 Å². The normalized spacial score (nSPS) is 11.6. The summed E-state index contributed by atoms with van der Waals surface area (Å²) in [5, 5.41) is 2.80. The number of nitrogens with one attached hydrogen (secondary N) is 1. The Labute approximate surface area is 177 Å². The van der Waals surface area contributed by atoms with E-state index >= 15 is 0 Å². The lowest BCUT2D eigenvalue weighted by atomic mass is 10.2. The van der Waals surface area contributed by atoms with Gasteiger partial charge in [0.1, 0.15) is 22.8 Å². The predicted octanol–water partition coefficient (Wildman–Crippen LogP) is 4.89. The number of carbonyl (C=O) groups excluding carboxylic acids is 1. The molecule has 3 aromatic rings. The van der Waals surface area contributed by atoms with Gasteiger partial charge in [-0.25, -0.2) is 14.8 Å². The van der Waals surface area contributed by atoms with Crippen molar-refractivity contribution in [3.8, 4) is 11.4 Å². The summed E-state index contributed by atoms with van der Waals surface area (Å²) >= 11 is 0. The van der Waals surface area contributed by atoms with Crippen LogP contribution in [0.5, 0.6) is 0 Å². The van der Waals surface area contributed by atoms with Crippen LogP contribution in [0.4, 0.5) is 4.79 Å². The first-order valence-electron chi connectivity index (χ1n) is 10.5. The van der Waals surface area contributed by atoms with Gasteiger partial charge in [0, 0.05) is 19.3 Å². The Morgan fingerprint density at radius 3 is 2.53 bits per heavy atom. The molecular formula is C23H31N5O2. The zero-order valence-electron chi connectivity index (χ0n) is 18.3. The number of unbranched alkanes of at least 4 members (excludes halogenated alkanes) is 3. The first-order chi connectivity index (χ1) is 14.3. The second-order valence-corrected chi connectivity index (χ2v) is 8.45. The van der Waals surface area contributed by atoms with Gasteiger partial charge in [0.15, 0.2) is 0 Å². The van der Waals surface area contributed by atoms with Crippen molar-refractivity contribution in [2.24, 2.45) is 0 Å². The van der Waals surface area contributed by atoms with E-state index in [0.29, 0.717) is 6.54 Å². The van der Waals surface area contributed by atoms with E-state index in [9.17, 15) is 4.79 Å². The number of aromatic nitrogens is 4. The molecule has 2 heterocycles. The third-order valence-electron chi connectivity index (χ3n) is 4.68. The van der Waals surface area contributed by atoms with Crippen LogP contribution in [0.25, 0.3) is 22.4 Å². The monoisotopic (exact) mass is 409 g/mol. The van der Waals surface area contributed by atoms with Crippen LogP contribution in [0.1, 0.15) is 52.3 Å². The minimum Gasteiger partial charge on any atom is -0.444 e. The molecule has 1 aromatic carbocycles.